The maximum Gasteiger partial charge on any atom is 0.341 e. The summed E-state index contributed by atoms with van der Waals surface area (Å²) in [6.45, 7) is 0.118. The van der Waals surface area contributed by atoms with Gasteiger partial charge in [-0.1, -0.05) is 29.8 Å². The van der Waals surface area contributed by atoms with E-state index in [2.05, 4.69) is 5.32 Å². The van der Waals surface area contributed by atoms with E-state index in [0.717, 1.165) is 0 Å². The fourth-order valence-corrected chi connectivity index (χ4v) is 2.87. The van der Waals surface area contributed by atoms with Gasteiger partial charge in [0, 0.05) is 16.7 Å². The van der Waals surface area contributed by atoms with Crippen LogP contribution in [-0.2, 0) is 16.1 Å². The summed E-state index contributed by atoms with van der Waals surface area (Å²) in [6.07, 6.45) is 2.91. The molecule has 6 nitrogen and oxygen atoms in total. The van der Waals surface area contributed by atoms with Crippen LogP contribution in [0.5, 0.6) is 11.5 Å². The van der Waals surface area contributed by atoms with Crippen molar-refractivity contribution in [3.05, 3.63) is 58.1 Å². The average molecular weight is 374 g/mol. The largest absolute Gasteiger partial charge is 0.493 e. The summed E-state index contributed by atoms with van der Waals surface area (Å²) in [5.41, 5.74) is 1.81. The molecule has 0 saturated carbocycles. The molecular formula is C19H16ClNO5. The van der Waals surface area contributed by atoms with E-state index in [1.807, 2.05) is 6.07 Å². The minimum atomic E-state index is -0.522. The zero-order valence-corrected chi connectivity index (χ0v) is 14.9. The smallest absolute Gasteiger partial charge is 0.341 e. The van der Waals surface area contributed by atoms with Crippen molar-refractivity contribution in [1.82, 2.24) is 0 Å². The maximum absolute atomic E-state index is 12.4. The number of halogens is 1. The van der Waals surface area contributed by atoms with E-state index < -0.39 is 11.9 Å². The second-order valence-corrected chi connectivity index (χ2v) is 5.85. The molecule has 0 bridgehead atoms. The predicted octanol–water partition coefficient (Wildman–Crippen LogP) is 3.68. The van der Waals surface area contributed by atoms with E-state index in [0.29, 0.717) is 21.9 Å². The van der Waals surface area contributed by atoms with Crippen LogP contribution in [0, 0.1) is 0 Å². The van der Waals surface area contributed by atoms with Crippen LogP contribution in [0.15, 0.2) is 36.4 Å². The molecule has 26 heavy (non-hydrogen) atoms. The first-order chi connectivity index (χ1) is 12.5. The molecule has 1 heterocycles. The van der Waals surface area contributed by atoms with E-state index in [1.165, 1.54) is 20.3 Å². The molecule has 1 N–H and O–H groups in total. The fourth-order valence-electron chi connectivity index (χ4n) is 2.67. The molecule has 0 unspecified atom stereocenters. The van der Waals surface area contributed by atoms with Gasteiger partial charge >= 0.3 is 5.97 Å². The van der Waals surface area contributed by atoms with E-state index in [4.69, 9.17) is 25.8 Å². The molecule has 7 heteroatoms. The predicted molar refractivity (Wildman–Crippen MR) is 97.8 cm³/mol. The molecule has 3 rings (SSSR count). The lowest BCUT2D eigenvalue weighted by atomic mass is 10.1. The Kier molecular flexibility index (Phi) is 5.14. The van der Waals surface area contributed by atoms with Crippen LogP contribution in [0.1, 0.15) is 21.5 Å². The first-order valence-electron chi connectivity index (χ1n) is 7.73. The van der Waals surface area contributed by atoms with Gasteiger partial charge < -0.3 is 19.5 Å². The molecule has 1 amide bonds. The number of anilines is 1. The van der Waals surface area contributed by atoms with Crippen molar-refractivity contribution < 1.29 is 23.8 Å². The summed E-state index contributed by atoms with van der Waals surface area (Å²) in [5.74, 6) is -0.316. The third kappa shape index (κ3) is 3.36. The molecule has 0 fully saturated rings. The summed E-state index contributed by atoms with van der Waals surface area (Å²) in [7, 11) is 2.91. The van der Waals surface area contributed by atoms with Crippen LogP contribution in [0.3, 0.4) is 0 Å². The number of benzene rings is 2. The van der Waals surface area contributed by atoms with Gasteiger partial charge in [-0.2, -0.15) is 0 Å². The van der Waals surface area contributed by atoms with Crippen molar-refractivity contribution in [1.29, 1.82) is 0 Å². The van der Waals surface area contributed by atoms with E-state index in [1.54, 1.807) is 30.3 Å². The zero-order valence-electron chi connectivity index (χ0n) is 14.2. The van der Waals surface area contributed by atoms with Crippen molar-refractivity contribution in [2.75, 3.05) is 19.5 Å². The number of carbonyl (C=O) groups excluding carboxylic acids is 2. The van der Waals surface area contributed by atoms with Gasteiger partial charge in [0.25, 0.3) is 0 Å². The zero-order chi connectivity index (χ0) is 18.7. The number of hydrogen-bond donors (Lipinski definition) is 1. The van der Waals surface area contributed by atoms with E-state index in [-0.39, 0.29) is 23.6 Å². The van der Waals surface area contributed by atoms with Gasteiger partial charge in [0.2, 0.25) is 5.91 Å². The summed E-state index contributed by atoms with van der Waals surface area (Å²) >= 11 is 6.07. The number of amides is 1. The Balaban J connectivity index is 1.94. The molecule has 0 atom stereocenters. The van der Waals surface area contributed by atoms with Gasteiger partial charge in [0.1, 0.15) is 12.3 Å². The number of fused-ring (bicyclic) bond motifs is 1. The molecule has 2 aromatic rings. The minimum Gasteiger partial charge on any atom is -0.493 e. The van der Waals surface area contributed by atoms with Crippen molar-refractivity contribution >= 4 is 35.2 Å². The number of esters is 1. The van der Waals surface area contributed by atoms with E-state index >= 15 is 0 Å². The maximum atomic E-state index is 12.4. The van der Waals surface area contributed by atoms with Crippen molar-refractivity contribution in [3.8, 4) is 11.5 Å². The van der Waals surface area contributed by atoms with Crippen molar-refractivity contribution in [3.63, 3.8) is 0 Å². The normalized spacial score (nSPS) is 12.7. The Morgan fingerprint density at radius 2 is 2.04 bits per heavy atom. The Labute approximate surface area is 155 Å². The molecule has 1 aliphatic heterocycles. The number of nitrogens with one attached hydrogen (secondary N) is 1. The summed E-state index contributed by atoms with van der Waals surface area (Å²) in [4.78, 5) is 24.4. The standard InChI is InChI=1S/C19H16ClNO5/c1-24-14-9-12-10-26-19(23)16(12)17(18(14)25-2)21-15(22)8-7-11-5-3-4-6-13(11)20/h3-9H,10H2,1-2H3,(H,21,22). The summed E-state index contributed by atoms with van der Waals surface area (Å²) in [5, 5.41) is 3.21. The Morgan fingerprint density at radius 3 is 2.73 bits per heavy atom. The third-order valence-corrected chi connectivity index (χ3v) is 4.23. The molecule has 0 aliphatic carbocycles. The topological polar surface area (TPSA) is 73.9 Å². The number of hydrogen-bond acceptors (Lipinski definition) is 5. The highest BCUT2D eigenvalue weighted by atomic mass is 35.5. The van der Waals surface area contributed by atoms with Crippen LogP contribution in [-0.4, -0.2) is 26.1 Å². The van der Waals surface area contributed by atoms with Gasteiger partial charge in [-0.3, -0.25) is 4.79 Å². The van der Waals surface area contributed by atoms with Gasteiger partial charge in [-0.15, -0.1) is 0 Å². The second-order valence-electron chi connectivity index (χ2n) is 5.44. The van der Waals surface area contributed by atoms with Crippen molar-refractivity contribution in [2.45, 2.75) is 6.61 Å². The van der Waals surface area contributed by atoms with Crippen LogP contribution in [0.25, 0.3) is 6.08 Å². The number of carbonyl (C=O) groups is 2. The lowest BCUT2D eigenvalue weighted by molar-refractivity contribution is -0.111. The molecule has 0 aromatic heterocycles. The number of ether oxygens (including phenoxy) is 3. The molecule has 0 radical (unpaired) electrons. The molecule has 1 aliphatic rings. The van der Waals surface area contributed by atoms with Crippen LogP contribution in [0.4, 0.5) is 5.69 Å². The molecule has 0 spiro atoms. The average Bonchev–Trinajstić information content (AvgIpc) is 3.01. The van der Waals surface area contributed by atoms with Crippen molar-refractivity contribution in [2.24, 2.45) is 0 Å². The lowest BCUT2D eigenvalue weighted by Gasteiger charge is -2.15. The minimum absolute atomic E-state index is 0.118. The van der Waals surface area contributed by atoms with E-state index in [9.17, 15) is 9.59 Å². The van der Waals surface area contributed by atoms with Crippen LogP contribution < -0.4 is 14.8 Å². The Hall–Kier alpha value is -2.99. The first kappa shape index (κ1) is 17.8. The lowest BCUT2D eigenvalue weighted by Crippen LogP contribution is -2.13. The summed E-state index contributed by atoms with van der Waals surface area (Å²) in [6, 6.07) is 8.79. The molecular weight excluding hydrogens is 358 g/mol. The SMILES string of the molecule is COc1cc2c(c(NC(=O)C=Cc3ccccc3Cl)c1OC)C(=O)OC2. The first-order valence-corrected chi connectivity index (χ1v) is 8.11. The number of rotatable bonds is 5. The monoisotopic (exact) mass is 373 g/mol. The molecule has 0 saturated heterocycles. The molecule has 134 valence electrons. The van der Waals surface area contributed by atoms with Crippen LogP contribution in [0.2, 0.25) is 5.02 Å². The quantitative estimate of drug-likeness (QED) is 0.639. The van der Waals surface area contributed by atoms with Gasteiger partial charge in [0.15, 0.2) is 11.5 Å². The fraction of sp³-hybridized carbons (Fsp3) is 0.158. The summed E-state index contributed by atoms with van der Waals surface area (Å²) < 4.78 is 15.7. The highest BCUT2D eigenvalue weighted by molar-refractivity contribution is 6.32. The highest BCUT2D eigenvalue weighted by Crippen LogP contribution is 2.42. The Morgan fingerprint density at radius 1 is 1.27 bits per heavy atom. The molecule has 2 aromatic carbocycles. The van der Waals surface area contributed by atoms with Crippen LogP contribution >= 0.6 is 11.6 Å². The number of methoxy groups -OCH3 is 2. The number of cyclic esters (lactones) is 1. The second kappa shape index (κ2) is 7.49. The van der Waals surface area contributed by atoms with Gasteiger partial charge in [-0.05, 0) is 23.8 Å². The highest BCUT2D eigenvalue weighted by Gasteiger charge is 2.30. The van der Waals surface area contributed by atoms with Gasteiger partial charge in [-0.25, -0.2) is 4.79 Å². The van der Waals surface area contributed by atoms with Gasteiger partial charge in [0.05, 0.1) is 19.8 Å². The third-order valence-electron chi connectivity index (χ3n) is 3.88. The Bertz CT molecular complexity index is 907.